The monoisotopic (exact) mass is 275 g/mol. The summed E-state index contributed by atoms with van der Waals surface area (Å²) in [4.78, 5) is 4.32. The summed E-state index contributed by atoms with van der Waals surface area (Å²) in [5.74, 6) is 1.08. The first-order valence-electron chi connectivity index (χ1n) is 6.90. The zero-order valence-corrected chi connectivity index (χ0v) is 12.0. The second kappa shape index (κ2) is 7.22. The fourth-order valence-corrected chi connectivity index (χ4v) is 1.93. The van der Waals surface area contributed by atoms with Crippen LogP contribution in [0.1, 0.15) is 19.5 Å². The molecule has 0 bridgehead atoms. The highest BCUT2D eigenvalue weighted by molar-refractivity contribution is 5.87. The number of pyridine rings is 1. The summed E-state index contributed by atoms with van der Waals surface area (Å²) in [6.07, 6.45) is 0. The number of aliphatic hydroxyl groups excluding tert-OH is 1. The molecule has 0 aliphatic carbocycles. The van der Waals surface area contributed by atoms with Crippen molar-refractivity contribution < 1.29 is 14.6 Å². The molecular formula is C16H21NO3. The molecule has 0 saturated carbocycles. The summed E-state index contributed by atoms with van der Waals surface area (Å²) in [6, 6.07) is 9.73. The number of hydrogen-bond acceptors (Lipinski definition) is 4. The van der Waals surface area contributed by atoms with Gasteiger partial charge in [0.15, 0.2) is 0 Å². The molecule has 4 heteroatoms. The second-order valence-electron chi connectivity index (χ2n) is 5.12. The van der Waals surface area contributed by atoms with Crippen LogP contribution in [-0.4, -0.2) is 29.9 Å². The summed E-state index contributed by atoms with van der Waals surface area (Å²) in [5.41, 5.74) is 0.613. The van der Waals surface area contributed by atoms with Gasteiger partial charge in [-0.1, -0.05) is 32.0 Å². The number of aliphatic hydroxyl groups is 1. The highest BCUT2D eigenvalue weighted by Gasteiger charge is 2.06. The standard InChI is InChI=1S/C16H21NO3/c1-12(2)11-19-7-8-20-16-15-6-4-3-5-13(15)9-14(10-18)17-16/h3-6,9,12,18H,7-8,10-11H2,1-2H3. The third-order valence-electron chi connectivity index (χ3n) is 2.84. The highest BCUT2D eigenvalue weighted by atomic mass is 16.5. The first kappa shape index (κ1) is 14.8. The predicted octanol–water partition coefficient (Wildman–Crippen LogP) is 2.78. The van der Waals surface area contributed by atoms with Crippen LogP contribution in [0.15, 0.2) is 30.3 Å². The SMILES string of the molecule is CC(C)COCCOc1nc(CO)cc2ccccc12. The molecule has 2 aromatic rings. The number of aromatic nitrogens is 1. The Morgan fingerprint density at radius 3 is 2.75 bits per heavy atom. The molecule has 2 rings (SSSR count). The number of benzene rings is 1. The van der Waals surface area contributed by atoms with Crippen molar-refractivity contribution in [3.8, 4) is 5.88 Å². The largest absolute Gasteiger partial charge is 0.475 e. The zero-order chi connectivity index (χ0) is 14.4. The van der Waals surface area contributed by atoms with Gasteiger partial charge < -0.3 is 14.6 Å². The van der Waals surface area contributed by atoms with E-state index in [-0.39, 0.29) is 6.61 Å². The third kappa shape index (κ3) is 3.92. The quantitative estimate of drug-likeness (QED) is 0.789. The lowest BCUT2D eigenvalue weighted by atomic mass is 10.1. The smallest absolute Gasteiger partial charge is 0.221 e. The molecule has 108 valence electrons. The Labute approximate surface area is 119 Å². The first-order chi connectivity index (χ1) is 9.70. The molecule has 1 aromatic carbocycles. The van der Waals surface area contributed by atoms with E-state index in [1.54, 1.807) is 0 Å². The van der Waals surface area contributed by atoms with Crippen molar-refractivity contribution in [3.05, 3.63) is 36.0 Å². The van der Waals surface area contributed by atoms with Crippen molar-refractivity contribution in [1.82, 2.24) is 4.98 Å². The minimum atomic E-state index is -0.0922. The molecule has 0 atom stereocenters. The van der Waals surface area contributed by atoms with E-state index in [1.807, 2.05) is 30.3 Å². The number of hydrogen-bond donors (Lipinski definition) is 1. The Morgan fingerprint density at radius 2 is 2.00 bits per heavy atom. The van der Waals surface area contributed by atoms with Gasteiger partial charge >= 0.3 is 0 Å². The lowest BCUT2D eigenvalue weighted by Gasteiger charge is -2.11. The average Bonchev–Trinajstić information content (AvgIpc) is 2.46. The van der Waals surface area contributed by atoms with Crippen molar-refractivity contribution in [3.63, 3.8) is 0 Å². The Bertz CT molecular complexity index is 554. The number of nitrogens with zero attached hydrogens (tertiary/aromatic N) is 1. The fraction of sp³-hybridized carbons (Fsp3) is 0.438. The van der Waals surface area contributed by atoms with Gasteiger partial charge in [-0.25, -0.2) is 4.98 Å². The van der Waals surface area contributed by atoms with Crippen LogP contribution in [0, 0.1) is 5.92 Å². The second-order valence-corrected chi connectivity index (χ2v) is 5.12. The van der Waals surface area contributed by atoms with Gasteiger partial charge in [0.05, 0.1) is 18.9 Å². The van der Waals surface area contributed by atoms with E-state index in [4.69, 9.17) is 9.47 Å². The van der Waals surface area contributed by atoms with Crippen LogP contribution in [0.25, 0.3) is 10.8 Å². The predicted molar refractivity (Wildman–Crippen MR) is 78.8 cm³/mol. The van der Waals surface area contributed by atoms with E-state index >= 15 is 0 Å². The molecule has 20 heavy (non-hydrogen) atoms. The van der Waals surface area contributed by atoms with Crippen LogP contribution in [0.4, 0.5) is 0 Å². The van der Waals surface area contributed by atoms with E-state index in [1.165, 1.54) is 0 Å². The van der Waals surface area contributed by atoms with Crippen molar-refractivity contribution in [2.24, 2.45) is 5.92 Å². The fourth-order valence-electron chi connectivity index (χ4n) is 1.93. The molecule has 0 aliphatic heterocycles. The van der Waals surface area contributed by atoms with Gasteiger partial charge in [-0.3, -0.25) is 0 Å². The van der Waals surface area contributed by atoms with Crippen molar-refractivity contribution in [2.45, 2.75) is 20.5 Å². The van der Waals surface area contributed by atoms with Gasteiger partial charge in [-0.15, -0.1) is 0 Å². The van der Waals surface area contributed by atoms with Crippen LogP contribution in [0.5, 0.6) is 5.88 Å². The van der Waals surface area contributed by atoms with Gasteiger partial charge in [0.2, 0.25) is 5.88 Å². The molecule has 1 heterocycles. The van der Waals surface area contributed by atoms with Crippen molar-refractivity contribution in [2.75, 3.05) is 19.8 Å². The van der Waals surface area contributed by atoms with E-state index in [9.17, 15) is 5.11 Å². The maximum absolute atomic E-state index is 9.25. The van der Waals surface area contributed by atoms with E-state index in [0.29, 0.717) is 30.7 Å². The maximum atomic E-state index is 9.25. The topological polar surface area (TPSA) is 51.6 Å². The molecule has 0 amide bonds. The summed E-state index contributed by atoms with van der Waals surface area (Å²) >= 11 is 0. The van der Waals surface area contributed by atoms with Crippen molar-refractivity contribution >= 4 is 10.8 Å². The van der Waals surface area contributed by atoms with Gasteiger partial charge in [0.25, 0.3) is 0 Å². The Balaban J connectivity index is 2.04. The molecule has 1 aromatic heterocycles. The average molecular weight is 275 g/mol. The molecule has 0 saturated heterocycles. The Morgan fingerprint density at radius 1 is 1.20 bits per heavy atom. The zero-order valence-electron chi connectivity index (χ0n) is 12.0. The van der Waals surface area contributed by atoms with Crippen LogP contribution in [-0.2, 0) is 11.3 Å². The molecule has 0 radical (unpaired) electrons. The summed E-state index contributed by atoms with van der Waals surface area (Å²) in [6.45, 7) is 5.86. The minimum Gasteiger partial charge on any atom is -0.475 e. The van der Waals surface area contributed by atoms with Gasteiger partial charge in [-0.05, 0) is 23.4 Å². The third-order valence-corrected chi connectivity index (χ3v) is 2.84. The Kier molecular flexibility index (Phi) is 5.32. The highest BCUT2D eigenvalue weighted by Crippen LogP contribution is 2.24. The van der Waals surface area contributed by atoms with Crippen LogP contribution in [0.2, 0.25) is 0 Å². The number of ether oxygens (including phenoxy) is 2. The summed E-state index contributed by atoms with van der Waals surface area (Å²) in [5, 5.41) is 11.2. The van der Waals surface area contributed by atoms with Crippen LogP contribution in [0.3, 0.4) is 0 Å². The molecule has 1 N–H and O–H groups in total. The van der Waals surface area contributed by atoms with Gasteiger partial charge in [0.1, 0.15) is 6.61 Å². The molecular weight excluding hydrogens is 254 g/mol. The summed E-state index contributed by atoms with van der Waals surface area (Å²) in [7, 11) is 0. The van der Waals surface area contributed by atoms with Gasteiger partial charge in [-0.2, -0.15) is 0 Å². The number of rotatable bonds is 7. The maximum Gasteiger partial charge on any atom is 0.221 e. The molecule has 4 nitrogen and oxygen atoms in total. The van der Waals surface area contributed by atoms with Crippen molar-refractivity contribution in [1.29, 1.82) is 0 Å². The van der Waals surface area contributed by atoms with Crippen LogP contribution < -0.4 is 4.74 Å². The van der Waals surface area contributed by atoms with E-state index in [0.717, 1.165) is 17.4 Å². The number of fused-ring (bicyclic) bond motifs is 1. The molecule has 0 spiro atoms. The van der Waals surface area contributed by atoms with E-state index in [2.05, 4.69) is 18.8 Å². The van der Waals surface area contributed by atoms with E-state index < -0.39 is 0 Å². The molecule has 0 fully saturated rings. The first-order valence-corrected chi connectivity index (χ1v) is 6.90. The van der Waals surface area contributed by atoms with Crippen LogP contribution >= 0.6 is 0 Å². The summed E-state index contributed by atoms with van der Waals surface area (Å²) < 4.78 is 11.2. The molecule has 0 aliphatic rings. The lowest BCUT2D eigenvalue weighted by molar-refractivity contribution is 0.0809. The Hall–Kier alpha value is -1.65. The lowest BCUT2D eigenvalue weighted by Crippen LogP contribution is -2.11. The van der Waals surface area contributed by atoms with Gasteiger partial charge in [0, 0.05) is 12.0 Å². The normalized spacial score (nSPS) is 11.2. The molecule has 0 unspecified atom stereocenters. The minimum absolute atomic E-state index is 0.0922.